The molecule has 3 rings (SSSR count). The van der Waals surface area contributed by atoms with Gasteiger partial charge in [0.15, 0.2) is 0 Å². The maximum atomic E-state index is 13.3. The number of benzene rings is 3. The molecule has 3 aromatic rings. The fourth-order valence-electron chi connectivity index (χ4n) is 3.14. The van der Waals surface area contributed by atoms with E-state index in [9.17, 15) is 9.50 Å². The van der Waals surface area contributed by atoms with Crippen molar-refractivity contribution >= 4 is 0 Å². The topological polar surface area (TPSA) is 23.5 Å². The van der Waals surface area contributed by atoms with Gasteiger partial charge in [0, 0.05) is 6.54 Å². The van der Waals surface area contributed by atoms with Crippen LogP contribution in [0.25, 0.3) is 0 Å². The molecule has 3 heteroatoms. The van der Waals surface area contributed by atoms with Crippen LogP contribution in [0.1, 0.15) is 28.8 Å². The van der Waals surface area contributed by atoms with Crippen molar-refractivity contribution in [1.82, 2.24) is 4.90 Å². The molecule has 0 unspecified atom stereocenters. The summed E-state index contributed by atoms with van der Waals surface area (Å²) < 4.78 is 13.3. The molecule has 2 atom stereocenters. The molecule has 0 heterocycles. The molecular weight excluding hydrogens is 313 g/mol. The molecule has 0 bridgehead atoms. The van der Waals surface area contributed by atoms with Gasteiger partial charge in [-0.15, -0.1) is 0 Å². The van der Waals surface area contributed by atoms with Crippen molar-refractivity contribution < 1.29 is 9.50 Å². The van der Waals surface area contributed by atoms with E-state index in [2.05, 4.69) is 17.0 Å². The number of hydrogen-bond acceptors (Lipinski definition) is 2. The number of likely N-dealkylation sites (N-methyl/N-ethyl adjacent to an activating group) is 1. The van der Waals surface area contributed by atoms with Crippen LogP contribution in [0.15, 0.2) is 84.9 Å². The van der Waals surface area contributed by atoms with E-state index >= 15 is 0 Å². The van der Waals surface area contributed by atoms with E-state index in [1.807, 2.05) is 55.6 Å². The number of rotatable bonds is 6. The molecule has 0 radical (unpaired) electrons. The van der Waals surface area contributed by atoms with Crippen LogP contribution in [0.3, 0.4) is 0 Å². The Morgan fingerprint density at radius 3 is 1.80 bits per heavy atom. The number of halogens is 1. The van der Waals surface area contributed by atoms with Crippen LogP contribution in [0.5, 0.6) is 0 Å². The van der Waals surface area contributed by atoms with Gasteiger partial charge < -0.3 is 5.11 Å². The van der Waals surface area contributed by atoms with Gasteiger partial charge in [-0.05, 0) is 35.9 Å². The predicted molar refractivity (Wildman–Crippen MR) is 98.7 cm³/mol. The highest BCUT2D eigenvalue weighted by Crippen LogP contribution is 2.29. The molecule has 0 spiro atoms. The third-order valence-corrected chi connectivity index (χ3v) is 4.39. The Morgan fingerprint density at radius 2 is 1.24 bits per heavy atom. The summed E-state index contributed by atoms with van der Waals surface area (Å²) in [5.74, 6) is -0.248. The lowest BCUT2D eigenvalue weighted by Crippen LogP contribution is -2.30. The zero-order valence-electron chi connectivity index (χ0n) is 14.2. The number of nitrogens with zero attached hydrogens (tertiary/aromatic N) is 1. The van der Waals surface area contributed by atoms with E-state index in [-0.39, 0.29) is 11.9 Å². The van der Waals surface area contributed by atoms with Gasteiger partial charge in [-0.1, -0.05) is 72.8 Å². The first-order valence-electron chi connectivity index (χ1n) is 8.39. The van der Waals surface area contributed by atoms with E-state index < -0.39 is 6.10 Å². The third-order valence-electron chi connectivity index (χ3n) is 4.39. The molecular formula is C22H22FNO. The van der Waals surface area contributed by atoms with Gasteiger partial charge in [0.1, 0.15) is 5.82 Å². The highest BCUT2D eigenvalue weighted by molar-refractivity contribution is 5.32. The lowest BCUT2D eigenvalue weighted by molar-refractivity contribution is 0.113. The zero-order chi connectivity index (χ0) is 17.6. The molecule has 2 nitrogen and oxygen atoms in total. The van der Waals surface area contributed by atoms with E-state index in [1.165, 1.54) is 12.1 Å². The molecule has 0 saturated carbocycles. The molecule has 0 aromatic heterocycles. The molecule has 0 saturated heterocycles. The van der Waals surface area contributed by atoms with Crippen LogP contribution in [0.2, 0.25) is 0 Å². The summed E-state index contributed by atoms with van der Waals surface area (Å²) in [7, 11) is 1.98. The summed E-state index contributed by atoms with van der Waals surface area (Å²) in [6.45, 7) is 0.473. The summed E-state index contributed by atoms with van der Waals surface area (Å²) in [6, 6.07) is 26.2. The summed E-state index contributed by atoms with van der Waals surface area (Å²) in [5, 5.41) is 10.6. The first-order valence-corrected chi connectivity index (χ1v) is 8.39. The van der Waals surface area contributed by atoms with E-state index in [0.29, 0.717) is 6.54 Å². The van der Waals surface area contributed by atoms with Crippen molar-refractivity contribution in [3.8, 4) is 0 Å². The van der Waals surface area contributed by atoms with Gasteiger partial charge in [0.05, 0.1) is 12.1 Å². The monoisotopic (exact) mass is 335 g/mol. The minimum absolute atomic E-state index is 0.0554. The standard InChI is InChI=1S/C22H22FNO/c1-24(16-21(25)17-8-4-2-5-9-17)22(18-10-6-3-7-11-18)19-12-14-20(23)15-13-19/h2-15,21-22,25H,16H2,1H3/t21-,22-/m1/s1. The fourth-order valence-corrected chi connectivity index (χ4v) is 3.14. The summed E-state index contributed by atoms with van der Waals surface area (Å²) in [6.07, 6.45) is -0.585. The van der Waals surface area contributed by atoms with Gasteiger partial charge in [-0.25, -0.2) is 4.39 Å². The third kappa shape index (κ3) is 4.32. The Bertz CT molecular complexity index is 774. The van der Waals surface area contributed by atoms with E-state index in [4.69, 9.17) is 0 Å². The van der Waals surface area contributed by atoms with Crippen LogP contribution < -0.4 is 0 Å². The van der Waals surface area contributed by atoms with Crippen LogP contribution in [0, 0.1) is 5.82 Å². The van der Waals surface area contributed by atoms with Crippen molar-refractivity contribution in [2.24, 2.45) is 0 Å². The van der Waals surface area contributed by atoms with Crippen LogP contribution in [-0.2, 0) is 0 Å². The molecule has 3 aromatic carbocycles. The minimum Gasteiger partial charge on any atom is -0.387 e. The lowest BCUT2D eigenvalue weighted by atomic mass is 9.96. The zero-order valence-corrected chi connectivity index (χ0v) is 14.2. The van der Waals surface area contributed by atoms with Crippen LogP contribution in [-0.4, -0.2) is 23.6 Å². The first-order chi connectivity index (χ1) is 12.1. The molecule has 25 heavy (non-hydrogen) atoms. The van der Waals surface area contributed by atoms with Crippen LogP contribution in [0.4, 0.5) is 4.39 Å². The maximum absolute atomic E-state index is 13.3. The second-order valence-electron chi connectivity index (χ2n) is 6.23. The van der Waals surface area contributed by atoms with Crippen LogP contribution >= 0.6 is 0 Å². The smallest absolute Gasteiger partial charge is 0.123 e. The van der Waals surface area contributed by atoms with E-state index in [0.717, 1.165) is 16.7 Å². The first kappa shape index (κ1) is 17.3. The van der Waals surface area contributed by atoms with Gasteiger partial charge in [-0.3, -0.25) is 4.90 Å². The summed E-state index contributed by atoms with van der Waals surface area (Å²) in [4.78, 5) is 2.10. The Labute approximate surface area is 148 Å². The molecule has 128 valence electrons. The highest BCUT2D eigenvalue weighted by Gasteiger charge is 2.22. The summed E-state index contributed by atoms with van der Waals surface area (Å²) >= 11 is 0. The average molecular weight is 335 g/mol. The molecule has 0 aliphatic carbocycles. The molecule has 1 N–H and O–H groups in total. The molecule has 0 fully saturated rings. The quantitative estimate of drug-likeness (QED) is 0.713. The van der Waals surface area contributed by atoms with Crippen molar-refractivity contribution in [3.05, 3.63) is 107 Å². The minimum atomic E-state index is -0.585. The molecule has 0 aliphatic rings. The SMILES string of the molecule is CN(C[C@@H](O)c1ccccc1)[C@H](c1ccccc1)c1ccc(F)cc1. The number of aliphatic hydroxyl groups is 1. The Balaban J connectivity index is 1.87. The normalized spacial score (nSPS) is 13.6. The van der Waals surface area contributed by atoms with Crippen molar-refractivity contribution in [2.75, 3.05) is 13.6 Å². The van der Waals surface area contributed by atoms with Gasteiger partial charge in [0.2, 0.25) is 0 Å². The lowest BCUT2D eigenvalue weighted by Gasteiger charge is -2.31. The van der Waals surface area contributed by atoms with Crippen molar-refractivity contribution in [1.29, 1.82) is 0 Å². The van der Waals surface area contributed by atoms with Gasteiger partial charge >= 0.3 is 0 Å². The Hall–Kier alpha value is -2.49. The fraction of sp³-hybridized carbons (Fsp3) is 0.182. The average Bonchev–Trinajstić information content (AvgIpc) is 2.65. The predicted octanol–water partition coefficient (Wildman–Crippen LogP) is 4.58. The summed E-state index contributed by atoms with van der Waals surface area (Å²) in [5.41, 5.74) is 2.99. The molecule has 0 amide bonds. The Kier molecular flexibility index (Phi) is 5.59. The molecule has 0 aliphatic heterocycles. The highest BCUT2D eigenvalue weighted by atomic mass is 19.1. The largest absolute Gasteiger partial charge is 0.387 e. The maximum Gasteiger partial charge on any atom is 0.123 e. The van der Waals surface area contributed by atoms with E-state index in [1.54, 1.807) is 12.1 Å². The number of hydrogen-bond donors (Lipinski definition) is 1. The van der Waals surface area contributed by atoms with Crippen molar-refractivity contribution in [3.63, 3.8) is 0 Å². The van der Waals surface area contributed by atoms with Gasteiger partial charge in [0.25, 0.3) is 0 Å². The van der Waals surface area contributed by atoms with Gasteiger partial charge in [-0.2, -0.15) is 0 Å². The second-order valence-corrected chi connectivity index (χ2v) is 6.23. The Morgan fingerprint density at radius 1 is 0.760 bits per heavy atom. The second kappa shape index (κ2) is 8.06. The van der Waals surface area contributed by atoms with Crippen molar-refractivity contribution in [2.45, 2.75) is 12.1 Å². The number of aliphatic hydroxyl groups excluding tert-OH is 1.